The highest BCUT2D eigenvalue weighted by atomic mass is 16.5. The van der Waals surface area contributed by atoms with E-state index >= 15 is 0 Å². The van der Waals surface area contributed by atoms with Crippen molar-refractivity contribution in [3.63, 3.8) is 0 Å². The van der Waals surface area contributed by atoms with Gasteiger partial charge in [0.1, 0.15) is 37.4 Å². The molecule has 3 rings (SSSR count). The first-order valence-corrected chi connectivity index (χ1v) is 10.5. The van der Waals surface area contributed by atoms with E-state index in [9.17, 15) is 15.0 Å². The van der Waals surface area contributed by atoms with Gasteiger partial charge >= 0.3 is 5.97 Å². The summed E-state index contributed by atoms with van der Waals surface area (Å²) in [6.07, 6.45) is 0.130. The van der Waals surface area contributed by atoms with Gasteiger partial charge in [-0.25, -0.2) is 4.79 Å². The Bertz CT molecular complexity index is 1030. The number of aliphatic hydroxyl groups excluding tert-OH is 2. The van der Waals surface area contributed by atoms with E-state index in [1.54, 1.807) is 25.1 Å². The van der Waals surface area contributed by atoms with Crippen molar-refractivity contribution in [3.05, 3.63) is 84.4 Å². The fourth-order valence-electron chi connectivity index (χ4n) is 3.01. The summed E-state index contributed by atoms with van der Waals surface area (Å²) in [5.41, 5.74) is 0.352. The number of hydrogen-bond acceptors (Lipinski definition) is 6. The van der Waals surface area contributed by atoms with Crippen molar-refractivity contribution in [2.45, 2.75) is 25.6 Å². The molecule has 0 heterocycles. The first kappa shape index (κ1) is 23.3. The zero-order valence-electron chi connectivity index (χ0n) is 18.0. The minimum absolute atomic E-state index is 0.0181. The van der Waals surface area contributed by atoms with Crippen LogP contribution in [0.4, 0.5) is 0 Å². The largest absolute Gasteiger partial charge is 0.491 e. The molecular weight excluding hydrogens is 408 g/mol. The lowest BCUT2D eigenvalue weighted by atomic mass is 10.1. The van der Waals surface area contributed by atoms with Crippen LogP contribution in [0.5, 0.6) is 11.5 Å². The molecule has 3 aromatic carbocycles. The second-order valence-electron chi connectivity index (χ2n) is 7.44. The number of hydrogen-bond donors (Lipinski definition) is 2. The van der Waals surface area contributed by atoms with Crippen molar-refractivity contribution in [2.24, 2.45) is 0 Å². The second-order valence-corrected chi connectivity index (χ2v) is 7.44. The summed E-state index contributed by atoms with van der Waals surface area (Å²) in [5, 5.41) is 22.2. The van der Waals surface area contributed by atoms with E-state index in [0.29, 0.717) is 17.1 Å². The molecule has 2 unspecified atom stereocenters. The van der Waals surface area contributed by atoms with E-state index < -0.39 is 18.2 Å². The van der Waals surface area contributed by atoms with Gasteiger partial charge in [-0.3, -0.25) is 0 Å². The summed E-state index contributed by atoms with van der Waals surface area (Å²) in [4.78, 5) is 12.1. The predicted octanol–water partition coefficient (Wildman–Crippen LogP) is 3.90. The summed E-state index contributed by atoms with van der Waals surface area (Å²) in [7, 11) is 0. The lowest BCUT2D eigenvalue weighted by Crippen LogP contribution is -2.25. The maximum Gasteiger partial charge on any atom is 0.333 e. The first-order valence-electron chi connectivity index (χ1n) is 10.5. The quantitative estimate of drug-likeness (QED) is 0.350. The number of para-hydroxylation sites is 1. The third-order valence-corrected chi connectivity index (χ3v) is 4.79. The van der Waals surface area contributed by atoms with E-state index in [1.165, 1.54) is 0 Å². The molecule has 0 aliphatic rings. The maximum atomic E-state index is 12.1. The minimum Gasteiger partial charge on any atom is -0.491 e. The molecule has 2 N–H and O–H groups in total. The number of carbonyl (C=O) groups is 1. The topological polar surface area (TPSA) is 85.2 Å². The van der Waals surface area contributed by atoms with E-state index in [1.807, 2.05) is 60.7 Å². The van der Waals surface area contributed by atoms with E-state index in [0.717, 1.165) is 10.8 Å². The summed E-state index contributed by atoms with van der Waals surface area (Å²) < 4.78 is 16.3. The second kappa shape index (κ2) is 11.9. The first-order chi connectivity index (χ1) is 15.5. The molecule has 0 spiro atoms. The summed E-state index contributed by atoms with van der Waals surface area (Å²) in [5.74, 6) is 0.786. The van der Waals surface area contributed by atoms with Crippen LogP contribution in [-0.2, 0) is 9.53 Å². The zero-order valence-corrected chi connectivity index (χ0v) is 18.0. The number of rotatable bonds is 11. The van der Waals surface area contributed by atoms with Crippen LogP contribution in [0.3, 0.4) is 0 Å². The lowest BCUT2D eigenvalue weighted by molar-refractivity contribution is -0.142. The van der Waals surface area contributed by atoms with Gasteiger partial charge in [-0.1, -0.05) is 60.7 Å². The van der Waals surface area contributed by atoms with Gasteiger partial charge < -0.3 is 24.4 Å². The van der Waals surface area contributed by atoms with Crippen LogP contribution in [-0.4, -0.2) is 48.2 Å². The molecule has 6 nitrogen and oxygen atoms in total. The minimum atomic E-state index is -0.938. The van der Waals surface area contributed by atoms with Gasteiger partial charge in [0, 0.05) is 11.0 Å². The van der Waals surface area contributed by atoms with Gasteiger partial charge in [0.15, 0.2) is 0 Å². The highest BCUT2D eigenvalue weighted by Crippen LogP contribution is 2.25. The molecule has 0 saturated heterocycles. The van der Waals surface area contributed by atoms with Gasteiger partial charge in [-0.05, 0) is 36.9 Å². The standard InChI is InChI=1S/C26H28O6/c1-19(26(29)32-18-22(28)17-30-23-10-3-2-4-11-23)14-15-21(27)16-31-25-13-7-9-20-8-5-6-12-24(20)25/h2-14,21-22,27-28H,15-18H2,1H3. The van der Waals surface area contributed by atoms with Crippen LogP contribution in [0.2, 0.25) is 0 Å². The van der Waals surface area contributed by atoms with E-state index in [2.05, 4.69) is 0 Å². The molecule has 0 aromatic heterocycles. The van der Waals surface area contributed by atoms with Crippen molar-refractivity contribution in [3.8, 4) is 11.5 Å². The fraction of sp³-hybridized carbons (Fsp3) is 0.269. The Morgan fingerprint density at radius 1 is 0.844 bits per heavy atom. The molecule has 2 atom stereocenters. The Morgan fingerprint density at radius 2 is 1.53 bits per heavy atom. The van der Waals surface area contributed by atoms with Crippen LogP contribution in [0.1, 0.15) is 13.3 Å². The van der Waals surface area contributed by atoms with Crippen LogP contribution < -0.4 is 9.47 Å². The third kappa shape index (κ3) is 7.11. The molecule has 0 saturated carbocycles. The summed E-state index contributed by atoms with van der Waals surface area (Å²) >= 11 is 0. The van der Waals surface area contributed by atoms with Gasteiger partial charge in [0.2, 0.25) is 0 Å². The Labute approximate surface area is 187 Å². The number of carbonyl (C=O) groups excluding carboxylic acids is 1. The van der Waals surface area contributed by atoms with Gasteiger partial charge in [0.05, 0.1) is 6.10 Å². The molecule has 0 radical (unpaired) electrons. The normalized spacial score (nSPS) is 13.4. The molecule has 0 amide bonds. The number of esters is 1. The number of aliphatic hydroxyl groups is 2. The molecular formula is C26H28O6. The third-order valence-electron chi connectivity index (χ3n) is 4.79. The van der Waals surface area contributed by atoms with Crippen molar-refractivity contribution in [2.75, 3.05) is 19.8 Å². The SMILES string of the molecule is CC(=CCC(O)COc1cccc2ccccc12)C(=O)OCC(O)COc1ccccc1. The average Bonchev–Trinajstić information content (AvgIpc) is 2.83. The average molecular weight is 437 g/mol. The molecule has 0 fully saturated rings. The van der Waals surface area contributed by atoms with Crippen LogP contribution in [0.25, 0.3) is 10.8 Å². The van der Waals surface area contributed by atoms with Crippen LogP contribution in [0.15, 0.2) is 84.4 Å². The maximum absolute atomic E-state index is 12.1. The Hall–Kier alpha value is -3.35. The number of benzene rings is 3. The van der Waals surface area contributed by atoms with E-state index in [-0.39, 0.29) is 26.2 Å². The smallest absolute Gasteiger partial charge is 0.333 e. The fourth-order valence-corrected chi connectivity index (χ4v) is 3.01. The van der Waals surface area contributed by atoms with Crippen LogP contribution >= 0.6 is 0 Å². The molecule has 0 bridgehead atoms. The highest BCUT2D eigenvalue weighted by molar-refractivity contribution is 5.88. The van der Waals surface area contributed by atoms with Gasteiger partial charge in [-0.2, -0.15) is 0 Å². The molecule has 168 valence electrons. The molecule has 32 heavy (non-hydrogen) atoms. The summed E-state index contributed by atoms with van der Waals surface area (Å²) in [6.45, 7) is 1.55. The summed E-state index contributed by atoms with van der Waals surface area (Å²) in [6, 6.07) is 22.7. The van der Waals surface area contributed by atoms with Crippen LogP contribution in [0, 0.1) is 0 Å². The zero-order chi connectivity index (χ0) is 22.8. The van der Waals surface area contributed by atoms with Gasteiger partial charge in [0.25, 0.3) is 0 Å². The van der Waals surface area contributed by atoms with E-state index in [4.69, 9.17) is 14.2 Å². The molecule has 0 aliphatic heterocycles. The predicted molar refractivity (Wildman–Crippen MR) is 123 cm³/mol. The van der Waals surface area contributed by atoms with Crippen molar-refractivity contribution in [1.82, 2.24) is 0 Å². The van der Waals surface area contributed by atoms with Gasteiger partial charge in [-0.15, -0.1) is 0 Å². The Kier molecular flexibility index (Phi) is 8.66. The molecule has 0 aliphatic carbocycles. The van der Waals surface area contributed by atoms with Crippen molar-refractivity contribution < 1.29 is 29.2 Å². The van der Waals surface area contributed by atoms with Crippen molar-refractivity contribution >= 4 is 16.7 Å². The lowest BCUT2D eigenvalue weighted by Gasteiger charge is -2.14. The highest BCUT2D eigenvalue weighted by Gasteiger charge is 2.13. The Morgan fingerprint density at radius 3 is 2.34 bits per heavy atom. The number of ether oxygens (including phenoxy) is 3. The Balaban J connectivity index is 1.39. The molecule has 6 heteroatoms. The molecule has 3 aromatic rings. The monoisotopic (exact) mass is 436 g/mol. The van der Waals surface area contributed by atoms with Crippen molar-refractivity contribution in [1.29, 1.82) is 0 Å². The number of fused-ring (bicyclic) bond motifs is 1.